The molecule has 0 aliphatic carbocycles. The highest BCUT2D eigenvalue weighted by molar-refractivity contribution is 6.39. The molecule has 0 aromatic heterocycles. The summed E-state index contributed by atoms with van der Waals surface area (Å²) in [4.78, 5) is 42.9. The van der Waals surface area contributed by atoms with Crippen molar-refractivity contribution in [3.63, 3.8) is 0 Å². The van der Waals surface area contributed by atoms with Gasteiger partial charge in [-0.05, 0) is 36.2 Å². The quantitative estimate of drug-likeness (QED) is 0.682. The second kappa shape index (κ2) is 6.97. The van der Waals surface area contributed by atoms with Crippen molar-refractivity contribution in [2.24, 2.45) is 5.41 Å². The molecule has 2 aromatic carbocycles. The van der Waals surface area contributed by atoms with Crippen LogP contribution in [-0.2, 0) is 20.7 Å². The number of ether oxygens (including phenoxy) is 1. The van der Waals surface area contributed by atoms with Gasteiger partial charge in [-0.2, -0.15) is 0 Å². The largest absolute Gasteiger partial charge is 0.377 e. The third-order valence-electron chi connectivity index (χ3n) is 6.03. The summed E-state index contributed by atoms with van der Waals surface area (Å²) in [6.07, 6.45) is 0.153. The molecule has 2 atom stereocenters. The first-order valence-electron chi connectivity index (χ1n) is 9.51. The number of nitrogens with zero attached hydrogens (tertiary/aromatic N) is 2. The van der Waals surface area contributed by atoms with Gasteiger partial charge < -0.3 is 9.64 Å². The Balaban J connectivity index is 1.68. The molecule has 3 heterocycles. The van der Waals surface area contributed by atoms with Crippen molar-refractivity contribution in [2.75, 3.05) is 29.6 Å². The summed E-state index contributed by atoms with van der Waals surface area (Å²) in [6.45, 7) is 1.22. The molecule has 1 N–H and O–H groups in total. The van der Waals surface area contributed by atoms with Crippen molar-refractivity contribution >= 4 is 52.4 Å². The molecular formula is C21H17Cl2N3O4. The van der Waals surface area contributed by atoms with E-state index in [1.807, 2.05) is 29.2 Å². The van der Waals surface area contributed by atoms with Gasteiger partial charge in [0, 0.05) is 17.3 Å². The van der Waals surface area contributed by atoms with Crippen molar-refractivity contribution in [3.05, 3.63) is 58.1 Å². The van der Waals surface area contributed by atoms with Crippen LogP contribution in [0, 0.1) is 5.41 Å². The number of para-hydroxylation sites is 1. The number of carbonyl (C=O) groups excluding carboxylic acids is 3. The minimum atomic E-state index is -1.53. The van der Waals surface area contributed by atoms with Crippen LogP contribution < -0.4 is 15.1 Å². The Morgan fingerprint density at radius 3 is 2.70 bits per heavy atom. The number of fused-ring (bicyclic) bond motifs is 4. The van der Waals surface area contributed by atoms with E-state index < -0.39 is 29.3 Å². The van der Waals surface area contributed by atoms with Gasteiger partial charge in [-0.25, -0.2) is 9.69 Å². The smallest absolute Gasteiger partial charge is 0.335 e. The predicted octanol–water partition coefficient (Wildman–Crippen LogP) is 3.02. The van der Waals surface area contributed by atoms with Crippen LogP contribution in [0.2, 0.25) is 10.0 Å². The van der Waals surface area contributed by atoms with Gasteiger partial charge in [0.15, 0.2) is 5.41 Å². The number of nitrogens with one attached hydrogen (secondary N) is 1. The molecule has 2 fully saturated rings. The number of morpholine rings is 1. The monoisotopic (exact) mass is 445 g/mol. The molecule has 2 saturated heterocycles. The van der Waals surface area contributed by atoms with Crippen LogP contribution in [0.3, 0.4) is 0 Å². The Labute approximate surface area is 182 Å². The SMILES string of the molecule is O=C1NC(=O)C2(Cc3ccccc3N3CCOCC32)C(=O)N1c1cc(Cl)ccc1Cl. The highest BCUT2D eigenvalue weighted by atomic mass is 35.5. The van der Waals surface area contributed by atoms with Crippen LogP contribution in [0.25, 0.3) is 0 Å². The number of benzene rings is 2. The molecule has 7 nitrogen and oxygen atoms in total. The molecule has 0 saturated carbocycles. The Bertz CT molecular complexity index is 1090. The number of rotatable bonds is 1. The molecule has 0 bridgehead atoms. The molecule has 154 valence electrons. The summed E-state index contributed by atoms with van der Waals surface area (Å²) in [7, 11) is 0. The van der Waals surface area contributed by atoms with Gasteiger partial charge in [0.05, 0.1) is 30.0 Å². The topological polar surface area (TPSA) is 79.0 Å². The third-order valence-corrected chi connectivity index (χ3v) is 6.58. The van der Waals surface area contributed by atoms with Gasteiger partial charge in [-0.1, -0.05) is 41.4 Å². The Morgan fingerprint density at radius 2 is 1.87 bits per heavy atom. The highest BCUT2D eigenvalue weighted by Gasteiger charge is 2.63. The molecule has 2 unspecified atom stereocenters. The fourth-order valence-corrected chi connectivity index (χ4v) is 5.01. The Morgan fingerprint density at radius 1 is 1.07 bits per heavy atom. The first-order chi connectivity index (χ1) is 14.4. The van der Waals surface area contributed by atoms with Gasteiger partial charge in [0.25, 0.3) is 5.91 Å². The van der Waals surface area contributed by atoms with Gasteiger partial charge in [0.1, 0.15) is 0 Å². The van der Waals surface area contributed by atoms with E-state index in [0.29, 0.717) is 18.2 Å². The van der Waals surface area contributed by atoms with Crippen LogP contribution in [-0.4, -0.2) is 43.6 Å². The van der Waals surface area contributed by atoms with Crippen molar-refractivity contribution in [3.8, 4) is 0 Å². The molecule has 9 heteroatoms. The Kier molecular flexibility index (Phi) is 4.50. The zero-order valence-corrected chi connectivity index (χ0v) is 17.2. The fourth-order valence-electron chi connectivity index (χ4n) is 4.64. The first-order valence-corrected chi connectivity index (χ1v) is 10.3. The maximum atomic E-state index is 13.9. The second-order valence-electron chi connectivity index (χ2n) is 7.56. The summed E-state index contributed by atoms with van der Waals surface area (Å²) in [5, 5.41) is 2.87. The van der Waals surface area contributed by atoms with E-state index in [9.17, 15) is 14.4 Å². The minimum Gasteiger partial charge on any atom is -0.377 e. The second-order valence-corrected chi connectivity index (χ2v) is 8.40. The molecule has 30 heavy (non-hydrogen) atoms. The van der Waals surface area contributed by atoms with Gasteiger partial charge >= 0.3 is 6.03 Å². The molecule has 5 rings (SSSR count). The molecule has 0 radical (unpaired) electrons. The molecule has 3 aliphatic heterocycles. The van der Waals surface area contributed by atoms with Crippen LogP contribution in [0.1, 0.15) is 5.56 Å². The van der Waals surface area contributed by atoms with Crippen LogP contribution in [0.15, 0.2) is 42.5 Å². The molecular weight excluding hydrogens is 429 g/mol. The maximum Gasteiger partial charge on any atom is 0.335 e. The normalized spacial score (nSPS) is 25.8. The van der Waals surface area contributed by atoms with Crippen LogP contribution in [0.5, 0.6) is 0 Å². The molecule has 4 amide bonds. The number of urea groups is 1. The number of anilines is 2. The van der Waals surface area contributed by atoms with Crippen LogP contribution >= 0.6 is 23.2 Å². The highest BCUT2D eigenvalue weighted by Crippen LogP contribution is 2.46. The summed E-state index contributed by atoms with van der Waals surface area (Å²) in [5.41, 5.74) is 0.446. The first kappa shape index (κ1) is 19.4. The number of halogens is 2. The van der Waals surface area contributed by atoms with Crippen molar-refractivity contribution in [1.29, 1.82) is 0 Å². The van der Waals surface area contributed by atoms with E-state index in [-0.39, 0.29) is 23.7 Å². The van der Waals surface area contributed by atoms with Crippen molar-refractivity contribution < 1.29 is 19.1 Å². The van der Waals surface area contributed by atoms with E-state index >= 15 is 0 Å². The summed E-state index contributed by atoms with van der Waals surface area (Å²) in [5.74, 6) is -1.25. The van der Waals surface area contributed by atoms with Crippen LogP contribution in [0.4, 0.5) is 16.2 Å². The summed E-state index contributed by atoms with van der Waals surface area (Å²) in [6, 6.07) is 10.8. The van der Waals surface area contributed by atoms with E-state index in [1.54, 1.807) is 6.07 Å². The predicted molar refractivity (Wildman–Crippen MR) is 112 cm³/mol. The average molecular weight is 446 g/mol. The van der Waals surface area contributed by atoms with Gasteiger partial charge in [-0.15, -0.1) is 0 Å². The lowest BCUT2D eigenvalue weighted by Crippen LogP contribution is -2.74. The third kappa shape index (κ3) is 2.66. The van der Waals surface area contributed by atoms with Crippen molar-refractivity contribution in [2.45, 2.75) is 12.5 Å². The molecule has 2 aromatic rings. The number of barbiturate groups is 1. The van der Waals surface area contributed by atoms with E-state index in [2.05, 4.69) is 5.32 Å². The fraction of sp³-hybridized carbons (Fsp3) is 0.286. The van der Waals surface area contributed by atoms with E-state index in [1.165, 1.54) is 12.1 Å². The molecule has 3 aliphatic rings. The van der Waals surface area contributed by atoms with Gasteiger partial charge in [-0.3, -0.25) is 14.9 Å². The number of hydrogen-bond donors (Lipinski definition) is 1. The Hall–Kier alpha value is -2.61. The van der Waals surface area contributed by atoms with Crippen molar-refractivity contribution in [1.82, 2.24) is 5.32 Å². The zero-order chi connectivity index (χ0) is 21.0. The standard InChI is InChI=1S/C21H17Cl2N3O4/c22-13-5-6-14(23)16(9-13)26-19(28)21(18(27)24-20(26)29)10-12-3-1-2-4-15(12)25-7-8-30-11-17(21)25/h1-6,9,17H,7-8,10-11H2,(H,24,27,29). The maximum absolute atomic E-state index is 13.9. The average Bonchev–Trinajstić information content (AvgIpc) is 2.74. The minimum absolute atomic E-state index is 0.140. The summed E-state index contributed by atoms with van der Waals surface area (Å²) < 4.78 is 5.66. The van der Waals surface area contributed by atoms with E-state index in [4.69, 9.17) is 27.9 Å². The van der Waals surface area contributed by atoms with E-state index in [0.717, 1.165) is 16.2 Å². The number of hydrogen-bond acceptors (Lipinski definition) is 5. The molecule has 1 spiro atoms. The number of imide groups is 2. The number of amides is 4. The lowest BCUT2D eigenvalue weighted by molar-refractivity contribution is -0.146. The van der Waals surface area contributed by atoms with Gasteiger partial charge in [0.2, 0.25) is 5.91 Å². The number of carbonyl (C=O) groups is 3. The summed E-state index contributed by atoms with van der Waals surface area (Å²) >= 11 is 12.4. The lowest BCUT2D eigenvalue weighted by Gasteiger charge is -2.53. The lowest BCUT2D eigenvalue weighted by atomic mass is 9.68. The zero-order valence-electron chi connectivity index (χ0n) is 15.7.